The number of rotatable bonds is 2. The maximum atomic E-state index is 10.6. The number of nitrogens with zero attached hydrogens (tertiary/aromatic N) is 1. The summed E-state index contributed by atoms with van der Waals surface area (Å²) in [5, 5.41) is 13.6. The van der Waals surface area contributed by atoms with Gasteiger partial charge in [0.2, 0.25) is 0 Å². The van der Waals surface area contributed by atoms with Crippen LogP contribution in [0.15, 0.2) is 23.6 Å². The van der Waals surface area contributed by atoms with Gasteiger partial charge in [-0.1, -0.05) is 39.0 Å². The zero-order valence-electron chi connectivity index (χ0n) is 12.0. The van der Waals surface area contributed by atoms with Gasteiger partial charge in [0.25, 0.3) is 0 Å². The summed E-state index contributed by atoms with van der Waals surface area (Å²) in [6.07, 6.45) is 0.204. The van der Waals surface area contributed by atoms with Gasteiger partial charge in [0, 0.05) is 22.8 Å². The Labute approximate surface area is 123 Å². The average Bonchev–Trinajstić information content (AvgIpc) is 3.05. The summed E-state index contributed by atoms with van der Waals surface area (Å²) in [6.45, 7) is 7.09. The van der Waals surface area contributed by atoms with Crippen LogP contribution in [0.1, 0.15) is 48.7 Å². The van der Waals surface area contributed by atoms with Crippen molar-refractivity contribution in [2.45, 2.75) is 38.7 Å². The number of benzene rings is 1. The number of hydrogen-bond acceptors (Lipinski definition) is 4. The fourth-order valence-corrected chi connectivity index (χ4v) is 3.30. The minimum atomic E-state index is -0.713. The summed E-state index contributed by atoms with van der Waals surface area (Å²) < 4.78 is 5.66. The highest BCUT2D eigenvalue weighted by molar-refractivity contribution is 7.09. The standard InChI is InChI=1S/C16H19NO2S/c1-16(2,3)15-17-12(9-20-15)13(18)11-6-4-5-10-7-8-19-14(10)11/h4-6,9,13,18H,7-8H2,1-3H3. The molecule has 3 rings (SSSR count). The molecule has 0 aliphatic carbocycles. The molecule has 0 spiro atoms. The highest BCUT2D eigenvalue weighted by Crippen LogP contribution is 2.37. The molecule has 0 fully saturated rings. The van der Waals surface area contributed by atoms with E-state index in [1.165, 1.54) is 5.56 Å². The van der Waals surface area contributed by atoms with Crippen molar-refractivity contribution in [1.82, 2.24) is 4.98 Å². The van der Waals surface area contributed by atoms with E-state index >= 15 is 0 Å². The molecule has 2 aromatic rings. The van der Waals surface area contributed by atoms with Gasteiger partial charge >= 0.3 is 0 Å². The van der Waals surface area contributed by atoms with E-state index in [9.17, 15) is 5.11 Å². The van der Waals surface area contributed by atoms with Crippen molar-refractivity contribution < 1.29 is 9.84 Å². The highest BCUT2D eigenvalue weighted by atomic mass is 32.1. The summed E-state index contributed by atoms with van der Waals surface area (Å²) in [5.74, 6) is 0.838. The third-order valence-electron chi connectivity index (χ3n) is 3.48. The van der Waals surface area contributed by atoms with Crippen molar-refractivity contribution >= 4 is 11.3 Å². The van der Waals surface area contributed by atoms with E-state index in [1.807, 2.05) is 17.5 Å². The molecule has 1 unspecified atom stereocenters. The normalized spacial score (nSPS) is 15.8. The maximum Gasteiger partial charge on any atom is 0.128 e. The van der Waals surface area contributed by atoms with Gasteiger partial charge in [-0.2, -0.15) is 0 Å². The molecule has 2 heterocycles. The predicted octanol–water partition coefficient (Wildman–Crippen LogP) is 3.46. The Bertz CT molecular complexity index is 628. The molecule has 1 N–H and O–H groups in total. The Hall–Kier alpha value is -1.39. The van der Waals surface area contributed by atoms with Gasteiger partial charge in [-0.05, 0) is 5.56 Å². The summed E-state index contributed by atoms with van der Waals surface area (Å²) >= 11 is 1.60. The monoisotopic (exact) mass is 289 g/mol. The second kappa shape index (κ2) is 4.86. The molecule has 1 aromatic carbocycles. The Morgan fingerprint density at radius 2 is 2.15 bits per heavy atom. The van der Waals surface area contributed by atoms with Crippen LogP contribution in [0.4, 0.5) is 0 Å². The minimum Gasteiger partial charge on any atom is -0.493 e. The lowest BCUT2D eigenvalue weighted by Crippen LogP contribution is -2.11. The van der Waals surface area contributed by atoms with Gasteiger partial charge in [0.1, 0.15) is 11.9 Å². The third-order valence-corrected chi connectivity index (χ3v) is 4.77. The number of aliphatic hydroxyl groups excluding tert-OH is 1. The SMILES string of the molecule is CC(C)(C)c1nc(C(O)c2cccc3c2OCC3)cs1. The van der Waals surface area contributed by atoms with Gasteiger partial charge in [0.15, 0.2) is 0 Å². The van der Waals surface area contributed by atoms with Crippen LogP contribution in [-0.2, 0) is 11.8 Å². The molecule has 1 atom stereocenters. The quantitative estimate of drug-likeness (QED) is 0.920. The van der Waals surface area contributed by atoms with Crippen LogP contribution in [-0.4, -0.2) is 16.7 Å². The highest BCUT2D eigenvalue weighted by Gasteiger charge is 2.25. The van der Waals surface area contributed by atoms with E-state index in [4.69, 9.17) is 4.74 Å². The molecule has 0 amide bonds. The molecule has 0 saturated carbocycles. The lowest BCUT2D eigenvalue weighted by molar-refractivity contribution is 0.209. The maximum absolute atomic E-state index is 10.6. The third kappa shape index (κ3) is 2.34. The predicted molar refractivity (Wildman–Crippen MR) is 80.5 cm³/mol. The van der Waals surface area contributed by atoms with E-state index in [0.717, 1.165) is 22.7 Å². The van der Waals surface area contributed by atoms with Gasteiger partial charge in [-0.15, -0.1) is 11.3 Å². The average molecular weight is 289 g/mol. The second-order valence-electron chi connectivity index (χ2n) is 6.16. The van der Waals surface area contributed by atoms with Crippen LogP contribution < -0.4 is 4.74 Å². The van der Waals surface area contributed by atoms with Gasteiger partial charge < -0.3 is 9.84 Å². The number of hydrogen-bond donors (Lipinski definition) is 1. The molecule has 0 saturated heterocycles. The van der Waals surface area contributed by atoms with E-state index in [1.54, 1.807) is 11.3 Å². The first-order valence-electron chi connectivity index (χ1n) is 6.85. The number of thiazole rings is 1. The van der Waals surface area contributed by atoms with Crippen LogP contribution in [0.5, 0.6) is 5.75 Å². The van der Waals surface area contributed by atoms with Crippen molar-refractivity contribution in [3.63, 3.8) is 0 Å². The zero-order valence-corrected chi connectivity index (χ0v) is 12.8. The van der Waals surface area contributed by atoms with Crippen molar-refractivity contribution in [2.75, 3.05) is 6.61 Å². The molecule has 1 aliphatic rings. The summed E-state index contributed by atoms with van der Waals surface area (Å²) in [5.41, 5.74) is 2.72. The van der Waals surface area contributed by atoms with Crippen LogP contribution in [0.2, 0.25) is 0 Å². The lowest BCUT2D eigenvalue weighted by atomic mass is 9.98. The molecular weight excluding hydrogens is 270 g/mol. The summed E-state index contributed by atoms with van der Waals surface area (Å²) in [4.78, 5) is 4.60. The largest absolute Gasteiger partial charge is 0.493 e. The van der Waals surface area contributed by atoms with Crippen LogP contribution >= 0.6 is 11.3 Å². The summed E-state index contributed by atoms with van der Waals surface area (Å²) in [6, 6.07) is 5.95. The molecule has 0 radical (unpaired) electrons. The molecule has 3 nitrogen and oxygen atoms in total. The molecule has 1 aliphatic heterocycles. The number of fused-ring (bicyclic) bond motifs is 1. The number of ether oxygens (including phenoxy) is 1. The molecule has 106 valence electrons. The molecular formula is C16H19NO2S. The Balaban J connectivity index is 1.95. The van der Waals surface area contributed by atoms with Crippen molar-refractivity contribution in [2.24, 2.45) is 0 Å². The second-order valence-corrected chi connectivity index (χ2v) is 7.02. The smallest absolute Gasteiger partial charge is 0.128 e. The van der Waals surface area contributed by atoms with Crippen LogP contribution in [0, 0.1) is 0 Å². The topological polar surface area (TPSA) is 42.4 Å². The minimum absolute atomic E-state index is 0.0117. The fraction of sp³-hybridized carbons (Fsp3) is 0.438. The first-order chi connectivity index (χ1) is 9.47. The first kappa shape index (κ1) is 13.6. The molecule has 4 heteroatoms. The Kier molecular flexibility index (Phi) is 3.30. The van der Waals surface area contributed by atoms with E-state index in [-0.39, 0.29) is 5.41 Å². The van der Waals surface area contributed by atoms with Crippen molar-refractivity contribution in [3.8, 4) is 5.75 Å². The number of aliphatic hydroxyl groups is 1. The Morgan fingerprint density at radius 1 is 1.35 bits per heavy atom. The lowest BCUT2D eigenvalue weighted by Gasteiger charge is -2.15. The fourth-order valence-electron chi connectivity index (χ4n) is 2.37. The molecule has 1 aromatic heterocycles. The zero-order chi connectivity index (χ0) is 14.3. The van der Waals surface area contributed by atoms with E-state index in [2.05, 4.69) is 31.8 Å². The summed E-state index contributed by atoms with van der Waals surface area (Å²) in [7, 11) is 0. The molecule has 20 heavy (non-hydrogen) atoms. The Morgan fingerprint density at radius 3 is 2.85 bits per heavy atom. The van der Waals surface area contributed by atoms with Crippen molar-refractivity contribution in [1.29, 1.82) is 0 Å². The van der Waals surface area contributed by atoms with Crippen LogP contribution in [0.25, 0.3) is 0 Å². The van der Waals surface area contributed by atoms with Gasteiger partial charge in [-0.3, -0.25) is 0 Å². The number of aromatic nitrogens is 1. The van der Waals surface area contributed by atoms with E-state index in [0.29, 0.717) is 12.3 Å². The van der Waals surface area contributed by atoms with Crippen LogP contribution in [0.3, 0.4) is 0 Å². The first-order valence-corrected chi connectivity index (χ1v) is 7.73. The van der Waals surface area contributed by atoms with Gasteiger partial charge in [0.05, 0.1) is 17.3 Å². The van der Waals surface area contributed by atoms with Crippen molar-refractivity contribution in [3.05, 3.63) is 45.4 Å². The van der Waals surface area contributed by atoms with Gasteiger partial charge in [-0.25, -0.2) is 4.98 Å². The van der Waals surface area contributed by atoms with E-state index < -0.39 is 6.10 Å². The number of para-hydroxylation sites is 1. The molecule has 0 bridgehead atoms.